The number of hydroxylamine groups is 1. The molecule has 5 rings (SSSR count). The van der Waals surface area contributed by atoms with Crippen molar-refractivity contribution in [3.63, 3.8) is 0 Å². The van der Waals surface area contributed by atoms with E-state index >= 15 is 0 Å². The molecule has 2 aliphatic rings. The van der Waals surface area contributed by atoms with Crippen LogP contribution in [0, 0.1) is 11.7 Å². The van der Waals surface area contributed by atoms with Gasteiger partial charge in [-0.15, -0.1) is 0 Å². The van der Waals surface area contributed by atoms with E-state index in [0.29, 0.717) is 22.9 Å². The topological polar surface area (TPSA) is 68.3 Å². The number of hydrogen-bond acceptors (Lipinski definition) is 6. The summed E-state index contributed by atoms with van der Waals surface area (Å²) in [5, 5.41) is 1.61. The maximum Gasteiger partial charge on any atom is 0.266 e. The average molecular weight is 448 g/mol. The lowest BCUT2D eigenvalue weighted by Gasteiger charge is -2.29. The van der Waals surface area contributed by atoms with E-state index in [9.17, 15) is 14.0 Å². The van der Waals surface area contributed by atoms with Crippen LogP contribution in [0.15, 0.2) is 72.8 Å². The number of ether oxygens (including phenoxy) is 2. The highest BCUT2D eigenvalue weighted by Crippen LogP contribution is 2.48. The van der Waals surface area contributed by atoms with E-state index < -0.39 is 35.7 Å². The molecule has 2 aliphatic heterocycles. The molecule has 0 spiro atoms. The molecule has 2 heterocycles. The summed E-state index contributed by atoms with van der Waals surface area (Å²) in [5.41, 5.74) is 1.74. The van der Waals surface area contributed by atoms with Gasteiger partial charge in [-0.25, -0.2) is 14.4 Å². The minimum atomic E-state index is -1.01. The lowest BCUT2D eigenvalue weighted by atomic mass is 9.90. The van der Waals surface area contributed by atoms with E-state index in [4.69, 9.17) is 14.3 Å². The molecule has 2 saturated heterocycles. The van der Waals surface area contributed by atoms with Gasteiger partial charge in [0, 0.05) is 0 Å². The molecule has 3 aromatic carbocycles. The molecule has 0 bridgehead atoms. The lowest BCUT2D eigenvalue weighted by molar-refractivity contribution is -0.126. The van der Waals surface area contributed by atoms with Crippen LogP contribution in [0.3, 0.4) is 0 Å². The van der Waals surface area contributed by atoms with Gasteiger partial charge in [-0.05, 0) is 54.1 Å². The first-order valence-electron chi connectivity index (χ1n) is 10.4. The normalized spacial score (nSPS) is 22.0. The van der Waals surface area contributed by atoms with Crippen molar-refractivity contribution in [1.82, 2.24) is 0 Å². The van der Waals surface area contributed by atoms with Gasteiger partial charge in [-0.1, -0.05) is 24.3 Å². The Hall–Kier alpha value is -3.91. The van der Waals surface area contributed by atoms with E-state index in [2.05, 4.69) is 0 Å². The first-order chi connectivity index (χ1) is 16.0. The Morgan fingerprint density at radius 2 is 1.52 bits per heavy atom. The van der Waals surface area contributed by atoms with Gasteiger partial charge in [0.1, 0.15) is 11.7 Å². The number of fused-ring (bicyclic) bond motifs is 1. The van der Waals surface area contributed by atoms with Crippen LogP contribution in [-0.2, 0) is 14.4 Å². The zero-order valence-electron chi connectivity index (χ0n) is 18.0. The predicted octanol–water partition coefficient (Wildman–Crippen LogP) is 3.89. The molecular formula is C25H21FN2O5. The van der Waals surface area contributed by atoms with Gasteiger partial charge < -0.3 is 9.47 Å². The van der Waals surface area contributed by atoms with Gasteiger partial charge in [0.05, 0.1) is 31.6 Å². The van der Waals surface area contributed by atoms with E-state index in [1.807, 2.05) is 36.4 Å². The van der Waals surface area contributed by atoms with Gasteiger partial charge >= 0.3 is 0 Å². The molecule has 0 saturated carbocycles. The molecule has 3 atom stereocenters. The summed E-state index contributed by atoms with van der Waals surface area (Å²) in [7, 11) is 3.08. The molecule has 2 amide bonds. The first-order valence-corrected chi connectivity index (χ1v) is 10.4. The fourth-order valence-electron chi connectivity index (χ4n) is 4.43. The summed E-state index contributed by atoms with van der Waals surface area (Å²) in [4.78, 5) is 34.0. The molecule has 0 unspecified atom stereocenters. The Morgan fingerprint density at radius 3 is 2.18 bits per heavy atom. The van der Waals surface area contributed by atoms with E-state index in [-0.39, 0.29) is 0 Å². The van der Waals surface area contributed by atoms with Gasteiger partial charge in [-0.2, -0.15) is 0 Å². The Bertz CT molecular complexity index is 1200. The Morgan fingerprint density at radius 1 is 0.818 bits per heavy atom. The molecule has 168 valence electrons. The van der Waals surface area contributed by atoms with Crippen LogP contribution in [0.2, 0.25) is 0 Å². The highest BCUT2D eigenvalue weighted by Gasteiger charge is 2.60. The van der Waals surface area contributed by atoms with Crippen LogP contribution in [0.4, 0.5) is 15.8 Å². The molecule has 8 heteroatoms. The second kappa shape index (κ2) is 8.22. The summed E-state index contributed by atoms with van der Waals surface area (Å²) in [6.45, 7) is 0. The number of benzene rings is 3. The molecule has 0 aromatic heterocycles. The molecule has 33 heavy (non-hydrogen) atoms. The third kappa shape index (κ3) is 3.39. The number of anilines is 2. The van der Waals surface area contributed by atoms with Crippen LogP contribution in [-0.4, -0.2) is 32.1 Å². The van der Waals surface area contributed by atoms with Crippen LogP contribution < -0.4 is 19.4 Å². The highest BCUT2D eigenvalue weighted by molar-refractivity contribution is 6.23. The number of amides is 2. The van der Waals surface area contributed by atoms with Crippen molar-refractivity contribution in [1.29, 1.82) is 0 Å². The van der Waals surface area contributed by atoms with Crippen molar-refractivity contribution in [2.75, 3.05) is 24.2 Å². The summed E-state index contributed by atoms with van der Waals surface area (Å²) in [6, 6.07) is 19.3. The largest absolute Gasteiger partial charge is 0.493 e. The molecule has 7 nitrogen and oxygen atoms in total. The third-order valence-corrected chi connectivity index (χ3v) is 5.96. The summed E-state index contributed by atoms with van der Waals surface area (Å²) >= 11 is 0. The van der Waals surface area contributed by atoms with Crippen molar-refractivity contribution < 1.29 is 28.3 Å². The molecular weight excluding hydrogens is 427 g/mol. The lowest BCUT2D eigenvalue weighted by Crippen LogP contribution is -2.37. The number of halogens is 1. The van der Waals surface area contributed by atoms with E-state index in [1.54, 1.807) is 24.3 Å². The minimum absolute atomic E-state index is 0.307. The molecule has 0 N–H and O–H groups in total. The SMILES string of the molecule is COc1ccc([C@H]2[C@@H]3C(=O)N(c4ccc(F)cc4)C(=O)[C@H]3ON2c2ccccc2)cc1OC. The van der Waals surface area contributed by atoms with E-state index in [0.717, 1.165) is 10.5 Å². The monoisotopic (exact) mass is 448 g/mol. The standard InChI is InChI=1S/C25H21FN2O5/c1-31-19-13-8-15(14-20(19)32-2)22-21-23(33-28(22)18-6-4-3-5-7-18)25(30)27(24(21)29)17-11-9-16(26)10-12-17/h3-14,21-23H,1-2H3/t21-,22-,23-/m0/s1. The van der Waals surface area contributed by atoms with Gasteiger partial charge in [0.2, 0.25) is 5.91 Å². The molecule has 0 radical (unpaired) electrons. The zero-order valence-corrected chi connectivity index (χ0v) is 18.0. The number of carbonyl (C=O) groups is 2. The van der Waals surface area contributed by atoms with Crippen LogP contribution >= 0.6 is 0 Å². The Labute approximate surface area is 189 Å². The zero-order chi connectivity index (χ0) is 23.1. The van der Waals surface area contributed by atoms with Crippen LogP contribution in [0.1, 0.15) is 11.6 Å². The van der Waals surface area contributed by atoms with Crippen LogP contribution in [0.5, 0.6) is 11.5 Å². The van der Waals surface area contributed by atoms with E-state index in [1.165, 1.54) is 31.4 Å². The fraction of sp³-hybridized carbons (Fsp3) is 0.200. The van der Waals surface area contributed by atoms with Crippen molar-refractivity contribution in [2.24, 2.45) is 5.92 Å². The highest BCUT2D eigenvalue weighted by atomic mass is 19.1. The Balaban J connectivity index is 1.60. The first kappa shape index (κ1) is 21.0. The van der Waals surface area contributed by atoms with Crippen LogP contribution in [0.25, 0.3) is 0 Å². The third-order valence-electron chi connectivity index (χ3n) is 5.96. The number of methoxy groups -OCH3 is 2. The molecule has 2 fully saturated rings. The maximum absolute atomic E-state index is 13.6. The number of rotatable bonds is 5. The quantitative estimate of drug-likeness (QED) is 0.552. The maximum atomic E-state index is 13.6. The number of hydrogen-bond donors (Lipinski definition) is 0. The van der Waals surface area contributed by atoms with Gasteiger partial charge in [0.15, 0.2) is 17.6 Å². The van der Waals surface area contributed by atoms with Crippen molar-refractivity contribution >= 4 is 23.2 Å². The summed E-state index contributed by atoms with van der Waals surface area (Å²) in [6.07, 6.45) is -1.01. The minimum Gasteiger partial charge on any atom is -0.493 e. The predicted molar refractivity (Wildman–Crippen MR) is 118 cm³/mol. The van der Waals surface area contributed by atoms with Crippen molar-refractivity contribution in [3.8, 4) is 11.5 Å². The number of nitrogens with zero attached hydrogens (tertiary/aromatic N) is 2. The summed E-state index contributed by atoms with van der Waals surface area (Å²) < 4.78 is 24.2. The molecule has 3 aromatic rings. The van der Waals surface area contributed by atoms with Gasteiger partial charge in [-0.3, -0.25) is 14.4 Å². The average Bonchev–Trinajstić information content (AvgIpc) is 3.36. The Kier molecular flexibility index (Phi) is 5.22. The molecule has 0 aliphatic carbocycles. The second-order valence-electron chi connectivity index (χ2n) is 7.76. The van der Waals surface area contributed by atoms with Crippen molar-refractivity contribution in [3.05, 3.63) is 84.2 Å². The van der Waals surface area contributed by atoms with Gasteiger partial charge in [0.25, 0.3) is 5.91 Å². The second-order valence-corrected chi connectivity index (χ2v) is 7.76. The fourth-order valence-corrected chi connectivity index (χ4v) is 4.43. The summed E-state index contributed by atoms with van der Waals surface area (Å²) in [5.74, 6) is -1.10. The number of carbonyl (C=O) groups excluding carboxylic acids is 2. The smallest absolute Gasteiger partial charge is 0.266 e. The number of imide groups is 1. The number of para-hydroxylation sites is 1. The van der Waals surface area contributed by atoms with Crippen molar-refractivity contribution in [2.45, 2.75) is 12.1 Å².